The maximum absolute atomic E-state index is 11.8. The Balaban J connectivity index is 2.56. The molecule has 0 spiro atoms. The van der Waals surface area contributed by atoms with Crippen LogP contribution in [0.15, 0.2) is 0 Å². The molecule has 1 rings (SSSR count). The van der Waals surface area contributed by atoms with Crippen molar-refractivity contribution in [3.63, 3.8) is 0 Å². The van der Waals surface area contributed by atoms with E-state index in [1.807, 2.05) is 20.8 Å². The van der Waals surface area contributed by atoms with Crippen molar-refractivity contribution in [3.05, 3.63) is 0 Å². The second-order valence-corrected chi connectivity index (χ2v) is 8.15. The van der Waals surface area contributed by atoms with E-state index in [0.717, 1.165) is 32.8 Å². The zero-order valence-electron chi connectivity index (χ0n) is 11.4. The van der Waals surface area contributed by atoms with Crippen molar-refractivity contribution >= 4 is 9.84 Å². The third-order valence-corrected chi connectivity index (χ3v) is 5.27. The summed E-state index contributed by atoms with van der Waals surface area (Å²) in [4.78, 5) is 2.29. The van der Waals surface area contributed by atoms with Crippen LogP contribution in [-0.2, 0) is 14.6 Å². The van der Waals surface area contributed by atoms with E-state index >= 15 is 0 Å². The monoisotopic (exact) mass is 263 g/mol. The lowest BCUT2D eigenvalue weighted by Gasteiger charge is -2.32. The van der Waals surface area contributed by atoms with E-state index in [-0.39, 0.29) is 10.7 Å². The molecule has 1 saturated heterocycles. The molecule has 5 heteroatoms. The molecule has 0 amide bonds. The van der Waals surface area contributed by atoms with Crippen molar-refractivity contribution < 1.29 is 13.2 Å². The Kier molecular flexibility index (Phi) is 4.98. The van der Waals surface area contributed by atoms with Crippen LogP contribution in [0.25, 0.3) is 0 Å². The lowest BCUT2D eigenvalue weighted by Crippen LogP contribution is -2.41. The van der Waals surface area contributed by atoms with Gasteiger partial charge in [0.15, 0.2) is 9.84 Å². The van der Waals surface area contributed by atoms with Crippen molar-refractivity contribution in [1.82, 2.24) is 4.90 Å². The van der Waals surface area contributed by atoms with Crippen LogP contribution < -0.4 is 0 Å². The van der Waals surface area contributed by atoms with Crippen molar-refractivity contribution in [2.45, 2.75) is 32.4 Å². The van der Waals surface area contributed by atoms with Crippen LogP contribution in [0.3, 0.4) is 0 Å². The molecule has 102 valence electrons. The summed E-state index contributed by atoms with van der Waals surface area (Å²) in [5, 5.41) is -0.266. The predicted octanol–water partition coefficient (Wildman–Crippen LogP) is 1.17. The van der Waals surface area contributed by atoms with Crippen LogP contribution in [-0.4, -0.2) is 57.7 Å². The summed E-state index contributed by atoms with van der Waals surface area (Å²) in [5.41, 5.74) is -0.195. The van der Waals surface area contributed by atoms with Crippen molar-refractivity contribution in [2.24, 2.45) is 5.41 Å². The van der Waals surface area contributed by atoms with Gasteiger partial charge in [-0.25, -0.2) is 8.42 Å². The third kappa shape index (κ3) is 4.94. The molecule has 1 fully saturated rings. The van der Waals surface area contributed by atoms with E-state index in [0.29, 0.717) is 6.42 Å². The lowest BCUT2D eigenvalue weighted by atomic mass is 9.89. The molecule has 1 atom stereocenters. The van der Waals surface area contributed by atoms with Gasteiger partial charge in [0.2, 0.25) is 0 Å². The SMILES string of the molecule is CC(C)(C)C(CCN1CCOCC1)S(C)(=O)=O. The molecular weight excluding hydrogens is 238 g/mol. The van der Waals surface area contributed by atoms with Crippen LogP contribution in [0, 0.1) is 5.41 Å². The smallest absolute Gasteiger partial charge is 0.150 e. The molecule has 1 aliphatic heterocycles. The van der Waals surface area contributed by atoms with Crippen molar-refractivity contribution in [3.8, 4) is 0 Å². The summed E-state index contributed by atoms with van der Waals surface area (Å²) in [7, 11) is -2.98. The highest BCUT2D eigenvalue weighted by atomic mass is 32.2. The van der Waals surface area contributed by atoms with E-state index in [9.17, 15) is 8.42 Å². The molecule has 0 bridgehead atoms. The highest BCUT2D eigenvalue weighted by Gasteiger charge is 2.33. The Labute approximate surface area is 105 Å². The predicted molar refractivity (Wildman–Crippen MR) is 70.0 cm³/mol. The molecule has 1 unspecified atom stereocenters. The molecule has 0 N–H and O–H groups in total. The van der Waals surface area contributed by atoms with Crippen LogP contribution in [0.5, 0.6) is 0 Å². The number of morpholine rings is 1. The number of rotatable bonds is 4. The Morgan fingerprint density at radius 1 is 1.24 bits per heavy atom. The first-order valence-electron chi connectivity index (χ1n) is 6.20. The quantitative estimate of drug-likeness (QED) is 0.764. The number of sulfone groups is 1. The summed E-state index contributed by atoms with van der Waals surface area (Å²) in [6.07, 6.45) is 2.06. The van der Waals surface area contributed by atoms with E-state index in [2.05, 4.69) is 4.90 Å². The van der Waals surface area contributed by atoms with Crippen molar-refractivity contribution in [2.75, 3.05) is 39.1 Å². The number of nitrogens with zero attached hydrogens (tertiary/aromatic N) is 1. The second kappa shape index (κ2) is 5.67. The lowest BCUT2D eigenvalue weighted by molar-refractivity contribution is 0.0363. The maximum atomic E-state index is 11.8. The first-order valence-corrected chi connectivity index (χ1v) is 8.15. The molecule has 1 aliphatic rings. The fourth-order valence-corrected chi connectivity index (χ4v) is 4.23. The molecular formula is C12H25NO3S. The molecule has 0 aromatic heterocycles. The number of ether oxygens (including phenoxy) is 1. The van der Waals surface area contributed by atoms with Gasteiger partial charge in [-0.1, -0.05) is 20.8 Å². The summed E-state index contributed by atoms with van der Waals surface area (Å²) >= 11 is 0. The summed E-state index contributed by atoms with van der Waals surface area (Å²) < 4.78 is 28.9. The minimum atomic E-state index is -2.98. The fraction of sp³-hybridized carbons (Fsp3) is 1.00. The van der Waals surface area contributed by atoms with E-state index in [1.165, 1.54) is 6.26 Å². The van der Waals surface area contributed by atoms with Gasteiger partial charge in [0, 0.05) is 19.3 Å². The van der Waals surface area contributed by atoms with E-state index < -0.39 is 9.84 Å². The first-order chi connectivity index (χ1) is 7.71. The Hall–Kier alpha value is -0.130. The zero-order chi connectivity index (χ0) is 13.1. The molecule has 0 aromatic rings. The summed E-state index contributed by atoms with van der Waals surface area (Å²) in [5.74, 6) is 0. The van der Waals surface area contributed by atoms with Crippen LogP contribution in [0.1, 0.15) is 27.2 Å². The van der Waals surface area contributed by atoms with Crippen LogP contribution in [0.2, 0.25) is 0 Å². The second-order valence-electron chi connectivity index (χ2n) is 5.93. The van der Waals surface area contributed by atoms with Gasteiger partial charge < -0.3 is 4.74 Å². The molecule has 0 aliphatic carbocycles. The Morgan fingerprint density at radius 2 is 1.76 bits per heavy atom. The fourth-order valence-electron chi connectivity index (χ4n) is 2.41. The molecule has 0 saturated carbocycles. The average molecular weight is 263 g/mol. The van der Waals surface area contributed by atoms with Gasteiger partial charge in [-0.05, 0) is 18.4 Å². The molecule has 0 aromatic carbocycles. The average Bonchev–Trinajstić information content (AvgIpc) is 2.15. The van der Waals surface area contributed by atoms with Gasteiger partial charge in [-0.2, -0.15) is 0 Å². The summed E-state index contributed by atoms with van der Waals surface area (Å²) in [6.45, 7) is 10.2. The van der Waals surface area contributed by atoms with Crippen LogP contribution in [0.4, 0.5) is 0 Å². The Bertz CT molecular complexity index is 326. The highest BCUT2D eigenvalue weighted by molar-refractivity contribution is 7.91. The van der Waals surface area contributed by atoms with Gasteiger partial charge in [0.05, 0.1) is 18.5 Å². The van der Waals surface area contributed by atoms with Gasteiger partial charge in [0.25, 0.3) is 0 Å². The minimum Gasteiger partial charge on any atom is -0.379 e. The van der Waals surface area contributed by atoms with E-state index in [1.54, 1.807) is 0 Å². The summed E-state index contributed by atoms with van der Waals surface area (Å²) in [6, 6.07) is 0. The molecule has 4 nitrogen and oxygen atoms in total. The van der Waals surface area contributed by atoms with Gasteiger partial charge in [0.1, 0.15) is 0 Å². The molecule has 17 heavy (non-hydrogen) atoms. The van der Waals surface area contributed by atoms with Gasteiger partial charge in [-0.3, -0.25) is 4.90 Å². The molecule has 1 heterocycles. The van der Waals surface area contributed by atoms with Gasteiger partial charge >= 0.3 is 0 Å². The normalized spacial score (nSPS) is 21.4. The Morgan fingerprint density at radius 3 is 2.18 bits per heavy atom. The highest BCUT2D eigenvalue weighted by Crippen LogP contribution is 2.28. The maximum Gasteiger partial charge on any atom is 0.150 e. The van der Waals surface area contributed by atoms with Gasteiger partial charge in [-0.15, -0.1) is 0 Å². The zero-order valence-corrected chi connectivity index (χ0v) is 12.2. The number of hydrogen-bond donors (Lipinski definition) is 0. The topological polar surface area (TPSA) is 46.6 Å². The van der Waals surface area contributed by atoms with Crippen molar-refractivity contribution in [1.29, 1.82) is 0 Å². The van der Waals surface area contributed by atoms with E-state index in [4.69, 9.17) is 4.74 Å². The first kappa shape index (κ1) is 14.9. The minimum absolute atomic E-state index is 0.195. The standard InChI is InChI=1S/C12H25NO3S/c1-12(2,3)11(17(4,14)15)5-6-13-7-9-16-10-8-13/h11H,5-10H2,1-4H3. The van der Waals surface area contributed by atoms with Crippen LogP contribution >= 0.6 is 0 Å². The third-order valence-electron chi connectivity index (χ3n) is 3.29. The number of hydrogen-bond acceptors (Lipinski definition) is 4. The molecule has 0 radical (unpaired) electrons. The largest absolute Gasteiger partial charge is 0.379 e.